The lowest BCUT2D eigenvalue weighted by molar-refractivity contribution is 0.0972. The molecule has 0 fully saturated rings. The first-order valence-electron chi connectivity index (χ1n) is 2.19. The summed E-state index contributed by atoms with van der Waals surface area (Å²) in [5.41, 5.74) is 0. The Morgan fingerprint density at radius 3 is 1.67 bits per heavy atom. The lowest BCUT2D eigenvalue weighted by atomic mass is 11.1. The molecule has 0 aliphatic carbocycles. The highest BCUT2D eigenvalue weighted by Crippen LogP contribution is 1.91. The topological polar surface area (TPSA) is 77.8 Å². The lowest BCUT2D eigenvalue weighted by Gasteiger charge is -2.11. The van der Waals surface area contributed by atoms with E-state index in [-0.39, 0.29) is 0 Å². The molecule has 0 saturated carbocycles. The van der Waals surface area contributed by atoms with Crippen LogP contribution >= 0.6 is 0 Å². The number of aliphatic hydroxyl groups excluding tert-OH is 2. The zero-order chi connectivity index (χ0) is 7.49. The van der Waals surface area contributed by atoms with Crippen LogP contribution in [0.2, 0.25) is 0 Å². The maximum atomic E-state index is 10.4. The van der Waals surface area contributed by atoms with Crippen molar-refractivity contribution in [3.63, 3.8) is 0 Å². The summed E-state index contributed by atoms with van der Waals surface area (Å²) in [5, 5.41) is 16.5. The molecule has 0 aliphatic heterocycles. The Labute approximate surface area is 53.6 Å². The second kappa shape index (κ2) is 3.11. The molecule has 0 atom stereocenters. The Morgan fingerprint density at radius 2 is 1.67 bits per heavy atom. The Bertz CT molecular complexity index is 159. The molecule has 2 N–H and O–H groups in total. The first-order chi connectivity index (χ1) is 4.02. The predicted octanol–water partition coefficient (Wildman–Crippen LogP) is -1.85. The molecule has 0 aromatic carbocycles. The highest BCUT2D eigenvalue weighted by atomic mass is 32.2. The first kappa shape index (κ1) is 8.83. The molecule has 0 saturated heterocycles. The average molecular weight is 155 g/mol. The molecule has 0 aromatic heterocycles. The molecule has 0 aliphatic rings. The van der Waals surface area contributed by atoms with E-state index in [1.165, 1.54) is 0 Å². The standard InChI is InChI=1S/C3H9NO4S/c1-9(7,8)4(2-5)3-6/h5-6H,2-3H2,1H3. The molecule has 5 nitrogen and oxygen atoms in total. The molecular formula is C3H9NO4S. The molecule has 0 spiro atoms. The second-order valence-corrected chi connectivity index (χ2v) is 3.48. The molecule has 56 valence electrons. The van der Waals surface area contributed by atoms with Gasteiger partial charge in [-0.2, -0.15) is 4.31 Å². The number of aliphatic hydroxyl groups is 2. The summed E-state index contributed by atoms with van der Waals surface area (Å²) in [6.07, 6.45) is 0.902. The van der Waals surface area contributed by atoms with E-state index in [4.69, 9.17) is 10.2 Å². The normalized spacial score (nSPS) is 12.4. The van der Waals surface area contributed by atoms with Crippen molar-refractivity contribution in [2.75, 3.05) is 19.7 Å². The van der Waals surface area contributed by atoms with Crippen molar-refractivity contribution in [1.82, 2.24) is 4.31 Å². The number of nitrogens with zero attached hydrogens (tertiary/aromatic N) is 1. The fourth-order valence-electron chi connectivity index (χ4n) is 0.254. The van der Waals surface area contributed by atoms with Gasteiger partial charge in [-0.15, -0.1) is 0 Å². The Morgan fingerprint density at radius 1 is 1.33 bits per heavy atom. The zero-order valence-corrected chi connectivity index (χ0v) is 5.80. The van der Waals surface area contributed by atoms with Gasteiger partial charge in [0.05, 0.1) is 6.26 Å². The molecule has 0 aromatic rings. The van der Waals surface area contributed by atoms with Gasteiger partial charge in [0.15, 0.2) is 0 Å². The van der Waals surface area contributed by atoms with Gasteiger partial charge in [-0.05, 0) is 0 Å². The fourth-order valence-corrected chi connectivity index (χ4v) is 0.674. The third-order valence-electron chi connectivity index (χ3n) is 0.784. The molecule has 0 amide bonds. The quantitative estimate of drug-likeness (QED) is 0.469. The van der Waals surface area contributed by atoms with E-state index in [1.807, 2.05) is 0 Å². The smallest absolute Gasteiger partial charge is 0.215 e. The van der Waals surface area contributed by atoms with E-state index >= 15 is 0 Å². The van der Waals surface area contributed by atoms with Gasteiger partial charge in [-0.3, -0.25) is 0 Å². The van der Waals surface area contributed by atoms with Crippen molar-refractivity contribution >= 4 is 10.0 Å². The Kier molecular flexibility index (Phi) is 3.06. The van der Waals surface area contributed by atoms with Crippen molar-refractivity contribution in [3.05, 3.63) is 0 Å². The molecule has 6 heteroatoms. The van der Waals surface area contributed by atoms with Gasteiger partial charge in [-0.1, -0.05) is 0 Å². The zero-order valence-electron chi connectivity index (χ0n) is 4.98. The summed E-state index contributed by atoms with van der Waals surface area (Å²) in [6, 6.07) is 0. The Balaban J connectivity index is 4.14. The molecule has 0 bridgehead atoms. The van der Waals surface area contributed by atoms with Crippen LogP contribution in [-0.2, 0) is 10.0 Å². The summed E-state index contributed by atoms with van der Waals surface area (Å²) in [4.78, 5) is 0. The van der Waals surface area contributed by atoms with E-state index in [0.29, 0.717) is 4.31 Å². The lowest BCUT2D eigenvalue weighted by Crippen LogP contribution is -2.31. The van der Waals surface area contributed by atoms with Gasteiger partial charge >= 0.3 is 0 Å². The summed E-state index contributed by atoms with van der Waals surface area (Å²) < 4.78 is 21.3. The third-order valence-corrected chi connectivity index (χ3v) is 1.95. The monoisotopic (exact) mass is 155 g/mol. The van der Waals surface area contributed by atoms with Crippen molar-refractivity contribution in [1.29, 1.82) is 0 Å². The van der Waals surface area contributed by atoms with E-state index in [1.54, 1.807) is 0 Å². The minimum Gasteiger partial charge on any atom is -0.380 e. The summed E-state index contributed by atoms with van der Waals surface area (Å²) in [5.74, 6) is 0. The largest absolute Gasteiger partial charge is 0.380 e. The van der Waals surface area contributed by atoms with Gasteiger partial charge in [-0.25, -0.2) is 8.42 Å². The highest BCUT2D eigenvalue weighted by molar-refractivity contribution is 7.88. The highest BCUT2D eigenvalue weighted by Gasteiger charge is 2.12. The van der Waals surface area contributed by atoms with Crippen LogP contribution in [0.25, 0.3) is 0 Å². The number of hydrogen-bond donors (Lipinski definition) is 2. The van der Waals surface area contributed by atoms with Gasteiger partial charge in [0, 0.05) is 0 Å². The molecule has 0 rings (SSSR count). The summed E-state index contributed by atoms with van der Waals surface area (Å²) >= 11 is 0. The van der Waals surface area contributed by atoms with Crippen LogP contribution in [0.4, 0.5) is 0 Å². The molecule has 0 radical (unpaired) electrons. The van der Waals surface area contributed by atoms with Crippen LogP contribution in [0.1, 0.15) is 0 Å². The number of rotatable bonds is 3. The maximum absolute atomic E-state index is 10.4. The number of hydrogen-bond acceptors (Lipinski definition) is 4. The van der Waals surface area contributed by atoms with Gasteiger partial charge < -0.3 is 10.2 Å². The molecule has 0 heterocycles. The Hall–Kier alpha value is -0.170. The van der Waals surface area contributed by atoms with Crippen molar-refractivity contribution in [3.8, 4) is 0 Å². The van der Waals surface area contributed by atoms with E-state index in [2.05, 4.69) is 0 Å². The first-order valence-corrected chi connectivity index (χ1v) is 4.04. The van der Waals surface area contributed by atoms with E-state index in [9.17, 15) is 8.42 Å². The van der Waals surface area contributed by atoms with Crippen LogP contribution in [0.15, 0.2) is 0 Å². The second-order valence-electron chi connectivity index (χ2n) is 1.50. The van der Waals surface area contributed by atoms with Crippen molar-refractivity contribution < 1.29 is 18.6 Å². The van der Waals surface area contributed by atoms with Crippen LogP contribution in [0.3, 0.4) is 0 Å². The van der Waals surface area contributed by atoms with Gasteiger partial charge in [0.1, 0.15) is 13.5 Å². The summed E-state index contributed by atoms with van der Waals surface area (Å²) in [7, 11) is -3.43. The summed E-state index contributed by atoms with van der Waals surface area (Å²) in [6.45, 7) is -1.37. The van der Waals surface area contributed by atoms with E-state index < -0.39 is 23.5 Å². The number of sulfonamides is 1. The molecule has 0 unspecified atom stereocenters. The van der Waals surface area contributed by atoms with Crippen molar-refractivity contribution in [2.45, 2.75) is 0 Å². The maximum Gasteiger partial charge on any atom is 0.215 e. The SMILES string of the molecule is CS(=O)(=O)N(CO)CO. The van der Waals surface area contributed by atoms with Crippen LogP contribution in [-0.4, -0.2) is 42.7 Å². The molecular weight excluding hydrogens is 146 g/mol. The predicted molar refractivity (Wildman–Crippen MR) is 30.9 cm³/mol. The third kappa shape index (κ3) is 2.75. The minimum absolute atomic E-state index is 0.521. The van der Waals surface area contributed by atoms with Crippen LogP contribution in [0, 0.1) is 0 Å². The minimum atomic E-state index is -3.43. The van der Waals surface area contributed by atoms with Crippen LogP contribution in [0.5, 0.6) is 0 Å². The van der Waals surface area contributed by atoms with E-state index in [0.717, 1.165) is 6.26 Å². The van der Waals surface area contributed by atoms with Crippen LogP contribution < -0.4 is 0 Å². The van der Waals surface area contributed by atoms with Gasteiger partial charge in [0.25, 0.3) is 0 Å². The average Bonchev–Trinajstić information content (AvgIpc) is 1.65. The van der Waals surface area contributed by atoms with Crippen molar-refractivity contribution in [2.24, 2.45) is 0 Å². The molecule has 9 heavy (non-hydrogen) atoms. The van der Waals surface area contributed by atoms with Gasteiger partial charge in [0.2, 0.25) is 10.0 Å². The fraction of sp³-hybridized carbons (Fsp3) is 1.00.